The Morgan fingerprint density at radius 3 is 2.85 bits per heavy atom. The van der Waals surface area contributed by atoms with Crippen LogP contribution in [0, 0.1) is 0 Å². The van der Waals surface area contributed by atoms with E-state index in [1.807, 2.05) is 29.2 Å². The van der Waals surface area contributed by atoms with Gasteiger partial charge in [-0.1, -0.05) is 11.8 Å². The monoisotopic (exact) mass is 390 g/mol. The molecule has 2 amide bonds. The molecule has 1 saturated heterocycles. The van der Waals surface area contributed by atoms with Crippen molar-refractivity contribution in [2.45, 2.75) is 24.4 Å². The molecule has 0 spiro atoms. The first-order valence-electron chi connectivity index (χ1n) is 8.77. The summed E-state index contributed by atoms with van der Waals surface area (Å²) in [5.74, 6) is 1.09. The molecule has 10 heteroatoms. The minimum absolute atomic E-state index is 0.0861. The van der Waals surface area contributed by atoms with Crippen molar-refractivity contribution in [2.24, 2.45) is 0 Å². The highest BCUT2D eigenvalue weighted by atomic mass is 32.2. The van der Waals surface area contributed by atoms with Crippen molar-refractivity contribution in [1.29, 1.82) is 0 Å². The first-order valence-corrected chi connectivity index (χ1v) is 9.76. The van der Waals surface area contributed by atoms with E-state index in [0.717, 1.165) is 30.8 Å². The van der Waals surface area contributed by atoms with Crippen molar-refractivity contribution in [3.63, 3.8) is 0 Å². The third-order valence-corrected chi connectivity index (χ3v) is 5.11. The predicted molar refractivity (Wildman–Crippen MR) is 99.9 cm³/mol. The van der Waals surface area contributed by atoms with Crippen LogP contribution in [0.4, 0.5) is 0 Å². The molecule has 1 N–H and O–H groups in total. The Balaban J connectivity index is 1.42. The standard InChI is InChI=1S/C17H22N6O3S/c1-26-14-7-5-13(6-8-14)23-17(19-20-21-23)27-12-15(24)18-9-3-11-22-10-2-4-16(22)25/h5-8H,2-4,9-12H2,1H3,(H,18,24). The van der Waals surface area contributed by atoms with Crippen LogP contribution in [-0.4, -0.2) is 69.4 Å². The fourth-order valence-corrected chi connectivity index (χ4v) is 3.49. The van der Waals surface area contributed by atoms with Gasteiger partial charge in [-0.25, -0.2) is 0 Å². The van der Waals surface area contributed by atoms with Gasteiger partial charge in [0.25, 0.3) is 0 Å². The Bertz CT molecular complexity index is 779. The molecule has 3 rings (SSSR count). The van der Waals surface area contributed by atoms with Gasteiger partial charge in [-0.2, -0.15) is 4.68 Å². The normalized spacial score (nSPS) is 13.8. The maximum absolute atomic E-state index is 12.0. The zero-order valence-electron chi connectivity index (χ0n) is 15.1. The van der Waals surface area contributed by atoms with E-state index in [0.29, 0.717) is 24.7 Å². The molecule has 1 aromatic carbocycles. The van der Waals surface area contributed by atoms with Gasteiger partial charge in [-0.05, 0) is 47.5 Å². The van der Waals surface area contributed by atoms with Crippen molar-refractivity contribution in [1.82, 2.24) is 30.4 Å². The molecule has 2 aromatic rings. The van der Waals surface area contributed by atoms with Gasteiger partial charge >= 0.3 is 0 Å². The first kappa shape index (κ1) is 19.2. The number of thioether (sulfide) groups is 1. The summed E-state index contributed by atoms with van der Waals surface area (Å²) < 4.78 is 6.72. The van der Waals surface area contributed by atoms with Gasteiger partial charge in [0, 0.05) is 26.1 Å². The van der Waals surface area contributed by atoms with Gasteiger partial charge in [0.05, 0.1) is 18.6 Å². The van der Waals surface area contributed by atoms with Crippen LogP contribution in [0.1, 0.15) is 19.3 Å². The first-order chi connectivity index (χ1) is 13.2. The molecule has 0 aliphatic carbocycles. The van der Waals surface area contributed by atoms with Crippen LogP contribution in [0.3, 0.4) is 0 Å². The van der Waals surface area contributed by atoms with E-state index in [2.05, 4.69) is 20.8 Å². The average molecular weight is 390 g/mol. The fourth-order valence-electron chi connectivity index (χ4n) is 2.77. The topological polar surface area (TPSA) is 102 Å². The van der Waals surface area contributed by atoms with Crippen LogP contribution >= 0.6 is 11.8 Å². The summed E-state index contributed by atoms with van der Waals surface area (Å²) in [5.41, 5.74) is 0.791. The van der Waals surface area contributed by atoms with Crippen molar-refractivity contribution in [3.8, 4) is 11.4 Å². The molecule has 0 saturated carbocycles. The molecular formula is C17H22N6O3S. The lowest BCUT2D eigenvalue weighted by Gasteiger charge is -2.15. The number of hydrogen-bond donors (Lipinski definition) is 1. The highest BCUT2D eigenvalue weighted by Crippen LogP contribution is 2.20. The van der Waals surface area contributed by atoms with Crippen LogP contribution in [-0.2, 0) is 9.59 Å². The number of tetrazole rings is 1. The Hall–Kier alpha value is -2.62. The minimum Gasteiger partial charge on any atom is -0.497 e. The fraction of sp³-hybridized carbons (Fsp3) is 0.471. The van der Waals surface area contributed by atoms with Crippen molar-refractivity contribution >= 4 is 23.6 Å². The minimum atomic E-state index is -0.0861. The summed E-state index contributed by atoms with van der Waals surface area (Å²) in [5, 5.41) is 15.0. The van der Waals surface area contributed by atoms with Crippen LogP contribution < -0.4 is 10.1 Å². The lowest BCUT2D eigenvalue weighted by molar-refractivity contribution is -0.127. The summed E-state index contributed by atoms with van der Waals surface area (Å²) >= 11 is 1.27. The molecule has 1 aliphatic rings. The number of rotatable bonds is 9. The molecule has 0 radical (unpaired) electrons. The van der Waals surface area contributed by atoms with Gasteiger partial charge in [0.2, 0.25) is 17.0 Å². The Morgan fingerprint density at radius 2 is 2.15 bits per heavy atom. The Morgan fingerprint density at radius 1 is 1.33 bits per heavy atom. The van der Waals surface area contributed by atoms with E-state index in [9.17, 15) is 9.59 Å². The maximum atomic E-state index is 12.0. The number of carbonyl (C=O) groups is 2. The lowest BCUT2D eigenvalue weighted by atomic mass is 10.3. The van der Waals surface area contributed by atoms with Crippen molar-refractivity contribution < 1.29 is 14.3 Å². The second-order valence-electron chi connectivity index (χ2n) is 6.05. The number of nitrogens with one attached hydrogen (secondary N) is 1. The molecule has 2 heterocycles. The van der Waals surface area contributed by atoms with E-state index in [1.165, 1.54) is 11.8 Å². The molecule has 0 atom stereocenters. The number of ether oxygens (including phenoxy) is 1. The molecule has 144 valence electrons. The smallest absolute Gasteiger partial charge is 0.230 e. The second-order valence-corrected chi connectivity index (χ2v) is 6.99. The number of nitrogens with zero attached hydrogens (tertiary/aromatic N) is 5. The van der Waals surface area contributed by atoms with E-state index < -0.39 is 0 Å². The number of likely N-dealkylation sites (tertiary alicyclic amines) is 1. The Kier molecular flexibility index (Phi) is 6.64. The number of benzene rings is 1. The maximum Gasteiger partial charge on any atom is 0.230 e. The molecule has 1 aliphatic heterocycles. The summed E-state index contributed by atoms with van der Waals surface area (Å²) in [6, 6.07) is 7.34. The molecule has 1 aromatic heterocycles. The highest BCUT2D eigenvalue weighted by molar-refractivity contribution is 7.99. The predicted octanol–water partition coefficient (Wildman–Crippen LogP) is 0.892. The molecule has 0 bridgehead atoms. The third-order valence-electron chi connectivity index (χ3n) is 4.19. The van der Waals surface area contributed by atoms with Crippen LogP contribution in [0.5, 0.6) is 5.75 Å². The zero-order chi connectivity index (χ0) is 19.1. The van der Waals surface area contributed by atoms with Gasteiger partial charge in [-0.3, -0.25) is 9.59 Å². The molecule has 27 heavy (non-hydrogen) atoms. The van der Waals surface area contributed by atoms with Crippen LogP contribution in [0.25, 0.3) is 5.69 Å². The van der Waals surface area contributed by atoms with E-state index in [1.54, 1.807) is 11.8 Å². The zero-order valence-corrected chi connectivity index (χ0v) is 15.9. The van der Waals surface area contributed by atoms with Gasteiger partial charge < -0.3 is 15.0 Å². The second kappa shape index (κ2) is 9.36. The summed E-state index contributed by atoms with van der Waals surface area (Å²) in [4.78, 5) is 25.4. The van der Waals surface area contributed by atoms with Gasteiger partial charge in [0.1, 0.15) is 5.75 Å². The number of methoxy groups -OCH3 is 1. The average Bonchev–Trinajstić information content (AvgIpc) is 3.32. The molecule has 0 unspecified atom stereocenters. The quantitative estimate of drug-likeness (QED) is 0.501. The van der Waals surface area contributed by atoms with Crippen LogP contribution in [0.15, 0.2) is 29.4 Å². The summed E-state index contributed by atoms with van der Waals surface area (Å²) in [6.07, 6.45) is 2.34. The van der Waals surface area contributed by atoms with E-state index in [-0.39, 0.29) is 17.6 Å². The highest BCUT2D eigenvalue weighted by Gasteiger charge is 2.19. The van der Waals surface area contributed by atoms with Gasteiger partial charge in [-0.15, -0.1) is 5.10 Å². The molecular weight excluding hydrogens is 368 g/mol. The summed E-state index contributed by atoms with van der Waals surface area (Å²) in [6.45, 7) is 2.07. The molecule has 9 nitrogen and oxygen atoms in total. The molecule has 1 fully saturated rings. The van der Waals surface area contributed by atoms with E-state index in [4.69, 9.17) is 4.74 Å². The van der Waals surface area contributed by atoms with Crippen molar-refractivity contribution in [2.75, 3.05) is 32.5 Å². The summed E-state index contributed by atoms with van der Waals surface area (Å²) in [7, 11) is 1.61. The number of hydrogen-bond acceptors (Lipinski definition) is 7. The van der Waals surface area contributed by atoms with Gasteiger partial charge in [0.15, 0.2) is 0 Å². The van der Waals surface area contributed by atoms with E-state index >= 15 is 0 Å². The largest absolute Gasteiger partial charge is 0.497 e. The SMILES string of the molecule is COc1ccc(-n2nnnc2SCC(=O)NCCCN2CCCC2=O)cc1. The van der Waals surface area contributed by atoms with Crippen LogP contribution in [0.2, 0.25) is 0 Å². The lowest BCUT2D eigenvalue weighted by Crippen LogP contribution is -2.31. The number of carbonyl (C=O) groups excluding carboxylic acids is 2. The Labute approximate surface area is 161 Å². The van der Waals surface area contributed by atoms with Crippen molar-refractivity contribution in [3.05, 3.63) is 24.3 Å². The number of aromatic nitrogens is 4. The third kappa shape index (κ3) is 5.19. The number of amides is 2.